The van der Waals surface area contributed by atoms with E-state index in [0.29, 0.717) is 5.41 Å². The van der Waals surface area contributed by atoms with Crippen LogP contribution >= 0.6 is 12.6 Å². The second-order valence-electron chi connectivity index (χ2n) is 5.54. The average Bonchev–Trinajstić information content (AvgIpc) is 2.90. The van der Waals surface area contributed by atoms with E-state index in [4.69, 9.17) is 4.42 Å². The quantitative estimate of drug-likeness (QED) is 0.808. The number of hydrogen-bond donors (Lipinski definition) is 1. The van der Waals surface area contributed by atoms with Gasteiger partial charge < -0.3 is 9.32 Å². The summed E-state index contributed by atoms with van der Waals surface area (Å²) in [7, 11) is 2.20. The predicted octanol–water partition coefficient (Wildman–Crippen LogP) is 3.51. The number of thiol groups is 1. The topological polar surface area (TPSA) is 16.4 Å². The van der Waals surface area contributed by atoms with Gasteiger partial charge in [-0.05, 0) is 44.0 Å². The van der Waals surface area contributed by atoms with Crippen molar-refractivity contribution in [3.8, 4) is 0 Å². The molecule has 1 saturated carbocycles. The zero-order valence-electron chi connectivity index (χ0n) is 10.9. The monoisotopic (exact) mass is 253 g/mol. The van der Waals surface area contributed by atoms with E-state index in [1.807, 2.05) is 6.92 Å². The third-order valence-corrected chi connectivity index (χ3v) is 4.68. The fraction of sp³-hybridized carbons (Fsp3) is 0.714. The highest BCUT2D eigenvalue weighted by Crippen LogP contribution is 2.39. The zero-order chi connectivity index (χ0) is 12.3. The molecule has 1 aromatic rings. The molecule has 2 rings (SSSR count). The molecule has 1 aromatic heterocycles. The molecule has 0 N–H and O–H groups in total. The standard InChI is InChI=1S/C14H23NOS/c1-12-13(5-8-16-12)9-15(2)10-14(11-17)6-3-4-7-14/h5,8,17H,3-4,6-7,9-11H2,1-2H3. The lowest BCUT2D eigenvalue weighted by atomic mass is 9.88. The molecule has 0 spiro atoms. The van der Waals surface area contributed by atoms with Crippen LogP contribution in [0.2, 0.25) is 0 Å². The van der Waals surface area contributed by atoms with Crippen molar-refractivity contribution in [3.05, 3.63) is 23.7 Å². The molecule has 0 bridgehead atoms. The van der Waals surface area contributed by atoms with E-state index < -0.39 is 0 Å². The third kappa shape index (κ3) is 3.08. The molecule has 0 radical (unpaired) electrons. The lowest BCUT2D eigenvalue weighted by Gasteiger charge is -2.32. The van der Waals surface area contributed by atoms with Crippen LogP contribution in [0.25, 0.3) is 0 Å². The van der Waals surface area contributed by atoms with E-state index in [2.05, 4.69) is 30.6 Å². The van der Waals surface area contributed by atoms with Crippen molar-refractivity contribution >= 4 is 12.6 Å². The first-order valence-electron chi connectivity index (χ1n) is 6.48. The van der Waals surface area contributed by atoms with Crippen molar-refractivity contribution in [2.45, 2.75) is 39.2 Å². The molecule has 0 amide bonds. The Labute approximate surface area is 110 Å². The van der Waals surface area contributed by atoms with Crippen LogP contribution < -0.4 is 0 Å². The molecule has 0 aromatic carbocycles. The maximum Gasteiger partial charge on any atom is 0.105 e. The van der Waals surface area contributed by atoms with E-state index in [1.165, 1.54) is 31.2 Å². The van der Waals surface area contributed by atoms with Crippen molar-refractivity contribution in [2.24, 2.45) is 5.41 Å². The first-order chi connectivity index (χ1) is 8.15. The van der Waals surface area contributed by atoms with Crippen LogP contribution in [0, 0.1) is 12.3 Å². The van der Waals surface area contributed by atoms with Gasteiger partial charge in [-0.1, -0.05) is 12.8 Å². The zero-order valence-corrected chi connectivity index (χ0v) is 11.8. The highest BCUT2D eigenvalue weighted by molar-refractivity contribution is 7.80. The Kier molecular flexibility index (Phi) is 4.21. The number of hydrogen-bond acceptors (Lipinski definition) is 3. The summed E-state index contributed by atoms with van der Waals surface area (Å²) in [5.74, 6) is 2.06. The molecular weight excluding hydrogens is 230 g/mol. The smallest absolute Gasteiger partial charge is 0.105 e. The molecule has 0 saturated heterocycles. The van der Waals surface area contributed by atoms with Gasteiger partial charge in [0.05, 0.1) is 6.26 Å². The molecule has 3 heteroatoms. The Hall–Kier alpha value is -0.410. The highest BCUT2D eigenvalue weighted by atomic mass is 32.1. The minimum atomic E-state index is 0.454. The minimum absolute atomic E-state index is 0.454. The fourth-order valence-electron chi connectivity index (χ4n) is 2.99. The Bertz CT molecular complexity index is 355. The molecule has 0 atom stereocenters. The van der Waals surface area contributed by atoms with E-state index in [9.17, 15) is 0 Å². The summed E-state index contributed by atoms with van der Waals surface area (Å²) in [6.45, 7) is 4.17. The maximum atomic E-state index is 5.35. The van der Waals surface area contributed by atoms with Crippen LogP contribution in [0.4, 0.5) is 0 Å². The highest BCUT2D eigenvalue weighted by Gasteiger charge is 2.33. The van der Waals surface area contributed by atoms with Crippen LogP contribution in [0.3, 0.4) is 0 Å². The van der Waals surface area contributed by atoms with Gasteiger partial charge in [-0.25, -0.2) is 0 Å². The summed E-state index contributed by atoms with van der Waals surface area (Å²) < 4.78 is 5.35. The summed E-state index contributed by atoms with van der Waals surface area (Å²) >= 11 is 4.57. The van der Waals surface area contributed by atoms with E-state index in [-0.39, 0.29) is 0 Å². The van der Waals surface area contributed by atoms with Gasteiger partial charge in [0.1, 0.15) is 5.76 Å². The Balaban J connectivity index is 1.92. The predicted molar refractivity (Wildman–Crippen MR) is 74.5 cm³/mol. The lowest BCUT2D eigenvalue weighted by Crippen LogP contribution is -2.34. The van der Waals surface area contributed by atoms with Crippen molar-refractivity contribution in [1.29, 1.82) is 0 Å². The minimum Gasteiger partial charge on any atom is -0.469 e. The van der Waals surface area contributed by atoms with Gasteiger partial charge in [0.15, 0.2) is 0 Å². The third-order valence-electron chi connectivity index (χ3n) is 4.01. The Morgan fingerprint density at radius 1 is 1.41 bits per heavy atom. The Morgan fingerprint density at radius 3 is 2.65 bits per heavy atom. The molecule has 0 aliphatic heterocycles. The molecule has 2 nitrogen and oxygen atoms in total. The molecule has 17 heavy (non-hydrogen) atoms. The molecule has 0 unspecified atom stereocenters. The molecule has 1 aliphatic rings. The van der Waals surface area contributed by atoms with E-state index in [0.717, 1.165) is 24.6 Å². The van der Waals surface area contributed by atoms with Crippen LogP contribution in [0.1, 0.15) is 37.0 Å². The van der Waals surface area contributed by atoms with Crippen LogP contribution in [-0.4, -0.2) is 24.2 Å². The average molecular weight is 253 g/mol. The summed E-state index contributed by atoms with van der Waals surface area (Å²) in [5.41, 5.74) is 1.76. The SMILES string of the molecule is Cc1occc1CN(C)CC1(CS)CCCC1. The number of rotatable bonds is 5. The Morgan fingerprint density at radius 2 is 2.12 bits per heavy atom. The van der Waals surface area contributed by atoms with Crippen LogP contribution in [0.5, 0.6) is 0 Å². The normalized spacial score (nSPS) is 19.1. The summed E-state index contributed by atoms with van der Waals surface area (Å²) in [6, 6.07) is 2.08. The van der Waals surface area contributed by atoms with Crippen LogP contribution in [-0.2, 0) is 6.54 Å². The van der Waals surface area contributed by atoms with Gasteiger partial charge in [0, 0.05) is 18.7 Å². The van der Waals surface area contributed by atoms with Gasteiger partial charge in [-0.2, -0.15) is 12.6 Å². The molecule has 1 aliphatic carbocycles. The number of furan rings is 1. The first-order valence-corrected chi connectivity index (χ1v) is 7.11. The van der Waals surface area contributed by atoms with Gasteiger partial charge in [-0.3, -0.25) is 0 Å². The van der Waals surface area contributed by atoms with Crippen molar-refractivity contribution in [2.75, 3.05) is 19.3 Å². The molecule has 96 valence electrons. The van der Waals surface area contributed by atoms with Crippen molar-refractivity contribution in [1.82, 2.24) is 4.90 Å². The second-order valence-corrected chi connectivity index (χ2v) is 5.86. The molecule has 1 heterocycles. The van der Waals surface area contributed by atoms with Crippen molar-refractivity contribution in [3.63, 3.8) is 0 Å². The maximum absolute atomic E-state index is 5.35. The summed E-state index contributed by atoms with van der Waals surface area (Å²) in [5, 5.41) is 0. The van der Waals surface area contributed by atoms with Gasteiger partial charge >= 0.3 is 0 Å². The van der Waals surface area contributed by atoms with Crippen LogP contribution in [0.15, 0.2) is 16.7 Å². The molecule has 1 fully saturated rings. The number of aryl methyl sites for hydroxylation is 1. The summed E-state index contributed by atoms with van der Waals surface area (Å²) in [6.07, 6.45) is 7.21. The molecular formula is C14H23NOS. The fourth-order valence-corrected chi connectivity index (χ4v) is 3.40. The van der Waals surface area contributed by atoms with Gasteiger partial charge in [0.2, 0.25) is 0 Å². The van der Waals surface area contributed by atoms with Gasteiger partial charge in [0.25, 0.3) is 0 Å². The summed E-state index contributed by atoms with van der Waals surface area (Å²) in [4.78, 5) is 2.42. The second kappa shape index (κ2) is 5.49. The van der Waals surface area contributed by atoms with Gasteiger partial charge in [-0.15, -0.1) is 0 Å². The van der Waals surface area contributed by atoms with Crippen molar-refractivity contribution < 1.29 is 4.42 Å². The largest absolute Gasteiger partial charge is 0.469 e. The van der Waals surface area contributed by atoms with E-state index >= 15 is 0 Å². The van der Waals surface area contributed by atoms with E-state index in [1.54, 1.807) is 6.26 Å². The first kappa shape index (κ1) is 13.0. The lowest BCUT2D eigenvalue weighted by molar-refractivity contribution is 0.195. The number of nitrogens with zero attached hydrogens (tertiary/aromatic N) is 1.